The van der Waals surface area contributed by atoms with E-state index in [4.69, 9.17) is 17.3 Å². The number of carbonyl (C=O) groups excluding carboxylic acids is 2. The van der Waals surface area contributed by atoms with E-state index >= 15 is 0 Å². The van der Waals surface area contributed by atoms with Crippen molar-refractivity contribution in [1.82, 2.24) is 10.2 Å². The van der Waals surface area contributed by atoms with Gasteiger partial charge in [0, 0.05) is 23.2 Å². The van der Waals surface area contributed by atoms with E-state index < -0.39 is 6.04 Å². The Kier molecular flexibility index (Phi) is 7.32. The van der Waals surface area contributed by atoms with Gasteiger partial charge in [0.15, 0.2) is 0 Å². The van der Waals surface area contributed by atoms with E-state index in [1.165, 1.54) is 0 Å². The van der Waals surface area contributed by atoms with Crippen molar-refractivity contribution in [3.8, 4) is 0 Å². The van der Waals surface area contributed by atoms with Crippen LogP contribution in [0.3, 0.4) is 0 Å². The van der Waals surface area contributed by atoms with Crippen LogP contribution in [0.1, 0.15) is 30.6 Å². The fourth-order valence-corrected chi connectivity index (χ4v) is 2.94. The van der Waals surface area contributed by atoms with Gasteiger partial charge in [0.1, 0.15) is 6.04 Å². The molecule has 0 aliphatic carbocycles. The zero-order valence-electron chi connectivity index (χ0n) is 13.3. The molecule has 1 aromatic rings. The Hall–Kier alpha value is -1.30. The number of nitrogens with two attached hydrogens (primary N) is 1. The Labute approximate surface area is 148 Å². The number of carbonyl (C=O) groups is 2. The van der Waals surface area contributed by atoms with Gasteiger partial charge in [0.2, 0.25) is 5.91 Å². The Morgan fingerprint density at radius 2 is 2.00 bits per heavy atom. The zero-order chi connectivity index (χ0) is 16.3. The summed E-state index contributed by atoms with van der Waals surface area (Å²) in [7, 11) is 0. The maximum absolute atomic E-state index is 12.5. The molecule has 23 heavy (non-hydrogen) atoms. The van der Waals surface area contributed by atoms with Gasteiger partial charge in [0.05, 0.1) is 0 Å². The molecule has 3 N–H and O–H groups in total. The molecule has 128 valence electrons. The first kappa shape index (κ1) is 19.7. The summed E-state index contributed by atoms with van der Waals surface area (Å²) < 4.78 is 0. The molecule has 1 aliphatic heterocycles. The van der Waals surface area contributed by atoms with Crippen LogP contribution in [0.5, 0.6) is 0 Å². The number of hydrogen-bond donors (Lipinski definition) is 2. The van der Waals surface area contributed by atoms with Gasteiger partial charge in [0.25, 0.3) is 5.91 Å². The summed E-state index contributed by atoms with van der Waals surface area (Å²) in [5.74, 6) is 0.00335. The Balaban J connectivity index is 0.00000264. The highest BCUT2D eigenvalue weighted by Crippen LogP contribution is 2.22. The molecule has 1 fully saturated rings. The lowest BCUT2D eigenvalue weighted by atomic mass is 10.1. The van der Waals surface area contributed by atoms with Gasteiger partial charge < -0.3 is 16.0 Å². The summed E-state index contributed by atoms with van der Waals surface area (Å²) in [6, 6.07) is 6.17. The van der Waals surface area contributed by atoms with Gasteiger partial charge in [-0.15, -0.1) is 12.4 Å². The maximum atomic E-state index is 12.5. The minimum absolute atomic E-state index is 0. The minimum Gasteiger partial charge on any atom is -0.341 e. The third kappa shape index (κ3) is 4.83. The predicted octanol–water partition coefficient (Wildman–Crippen LogP) is 2.08. The van der Waals surface area contributed by atoms with Crippen molar-refractivity contribution < 1.29 is 9.59 Å². The summed E-state index contributed by atoms with van der Waals surface area (Å²) in [5, 5.41) is 3.31. The van der Waals surface area contributed by atoms with Crippen molar-refractivity contribution in [2.75, 3.05) is 13.1 Å². The second-order valence-electron chi connectivity index (χ2n) is 5.88. The number of rotatable bonds is 4. The predicted molar refractivity (Wildman–Crippen MR) is 94.0 cm³/mol. The van der Waals surface area contributed by atoms with E-state index in [0.29, 0.717) is 29.6 Å². The molecule has 3 atom stereocenters. The molecule has 3 unspecified atom stereocenters. The van der Waals surface area contributed by atoms with E-state index in [1.54, 1.807) is 31.2 Å². The van der Waals surface area contributed by atoms with Crippen LogP contribution in [-0.2, 0) is 4.79 Å². The second kappa shape index (κ2) is 8.52. The van der Waals surface area contributed by atoms with Gasteiger partial charge >= 0.3 is 0 Å². The van der Waals surface area contributed by atoms with Crippen molar-refractivity contribution in [3.05, 3.63) is 34.9 Å². The summed E-state index contributed by atoms with van der Waals surface area (Å²) in [4.78, 5) is 26.4. The monoisotopic (exact) mass is 359 g/mol. The molecule has 1 aromatic carbocycles. The fourth-order valence-electron chi connectivity index (χ4n) is 2.81. The molecule has 0 spiro atoms. The van der Waals surface area contributed by atoms with Crippen LogP contribution in [0.2, 0.25) is 5.02 Å². The first-order valence-corrected chi connectivity index (χ1v) is 7.87. The fraction of sp³-hybridized carbons (Fsp3) is 0.500. The summed E-state index contributed by atoms with van der Waals surface area (Å²) in [6.45, 7) is 4.97. The van der Waals surface area contributed by atoms with Crippen LogP contribution in [0.15, 0.2) is 24.3 Å². The zero-order valence-corrected chi connectivity index (χ0v) is 14.9. The van der Waals surface area contributed by atoms with Gasteiger partial charge in [-0.1, -0.05) is 11.6 Å². The normalized spacial score (nSPS) is 21.5. The first-order valence-electron chi connectivity index (χ1n) is 7.49. The number of nitrogens with zero attached hydrogens (tertiary/aromatic N) is 1. The van der Waals surface area contributed by atoms with E-state index in [9.17, 15) is 9.59 Å². The van der Waals surface area contributed by atoms with Crippen molar-refractivity contribution in [2.45, 2.75) is 32.4 Å². The first-order chi connectivity index (χ1) is 10.4. The molecule has 0 radical (unpaired) electrons. The standard InChI is InChI=1S/C16H22ClN3O2.ClH/c1-10-7-12(8-18)9-20(10)16(22)11(2)19-15(21)13-3-5-14(17)6-4-13;/h3-6,10-12H,7-9,18H2,1-2H3,(H,19,21);1H. The third-order valence-corrected chi connectivity index (χ3v) is 4.35. The summed E-state index contributed by atoms with van der Waals surface area (Å²) in [5.41, 5.74) is 6.17. The van der Waals surface area contributed by atoms with Crippen LogP contribution in [0.25, 0.3) is 0 Å². The molecular weight excluding hydrogens is 337 g/mol. The average molecular weight is 360 g/mol. The van der Waals surface area contributed by atoms with Gasteiger partial charge in [-0.05, 0) is 57.0 Å². The lowest BCUT2D eigenvalue weighted by Crippen LogP contribution is -2.48. The van der Waals surface area contributed by atoms with Crippen LogP contribution in [0, 0.1) is 5.92 Å². The second-order valence-corrected chi connectivity index (χ2v) is 6.32. The smallest absolute Gasteiger partial charge is 0.251 e. The molecule has 0 aromatic heterocycles. The van der Waals surface area contributed by atoms with E-state index in [1.807, 2.05) is 11.8 Å². The van der Waals surface area contributed by atoms with Crippen LogP contribution in [0.4, 0.5) is 0 Å². The Morgan fingerprint density at radius 3 is 2.52 bits per heavy atom. The average Bonchev–Trinajstić information content (AvgIpc) is 2.88. The highest BCUT2D eigenvalue weighted by Gasteiger charge is 2.34. The molecule has 2 rings (SSSR count). The molecule has 2 amide bonds. The molecule has 0 bridgehead atoms. The molecule has 5 nitrogen and oxygen atoms in total. The molecule has 1 aliphatic rings. The number of amides is 2. The highest BCUT2D eigenvalue weighted by molar-refractivity contribution is 6.30. The lowest BCUT2D eigenvalue weighted by Gasteiger charge is -2.25. The quantitative estimate of drug-likeness (QED) is 0.863. The van der Waals surface area contributed by atoms with Crippen molar-refractivity contribution >= 4 is 35.8 Å². The minimum atomic E-state index is -0.567. The number of halogens is 2. The number of nitrogens with one attached hydrogen (secondary N) is 1. The van der Waals surface area contributed by atoms with E-state index in [2.05, 4.69) is 5.32 Å². The van der Waals surface area contributed by atoms with Gasteiger partial charge in [-0.25, -0.2) is 0 Å². The van der Waals surface area contributed by atoms with Crippen molar-refractivity contribution in [2.24, 2.45) is 11.7 Å². The van der Waals surface area contributed by atoms with Crippen LogP contribution < -0.4 is 11.1 Å². The van der Waals surface area contributed by atoms with Crippen LogP contribution >= 0.6 is 24.0 Å². The number of benzene rings is 1. The Bertz CT molecular complexity index is 551. The van der Waals surface area contributed by atoms with Gasteiger partial charge in [-0.2, -0.15) is 0 Å². The Morgan fingerprint density at radius 1 is 1.39 bits per heavy atom. The number of hydrogen-bond acceptors (Lipinski definition) is 3. The van der Waals surface area contributed by atoms with Gasteiger partial charge in [-0.3, -0.25) is 9.59 Å². The molecular formula is C16H23Cl2N3O2. The van der Waals surface area contributed by atoms with E-state index in [-0.39, 0.29) is 30.3 Å². The largest absolute Gasteiger partial charge is 0.341 e. The third-order valence-electron chi connectivity index (χ3n) is 4.10. The summed E-state index contributed by atoms with van der Waals surface area (Å²) in [6.07, 6.45) is 0.917. The van der Waals surface area contributed by atoms with Crippen molar-refractivity contribution in [3.63, 3.8) is 0 Å². The van der Waals surface area contributed by atoms with Crippen molar-refractivity contribution in [1.29, 1.82) is 0 Å². The van der Waals surface area contributed by atoms with E-state index in [0.717, 1.165) is 6.42 Å². The highest BCUT2D eigenvalue weighted by atomic mass is 35.5. The number of likely N-dealkylation sites (tertiary alicyclic amines) is 1. The molecule has 0 saturated carbocycles. The molecule has 1 saturated heterocycles. The topological polar surface area (TPSA) is 75.4 Å². The maximum Gasteiger partial charge on any atom is 0.251 e. The molecule has 1 heterocycles. The molecule has 7 heteroatoms. The summed E-state index contributed by atoms with van der Waals surface area (Å²) >= 11 is 5.80. The SMILES string of the molecule is CC(NC(=O)c1ccc(Cl)cc1)C(=O)N1CC(CN)CC1C.Cl. The van der Waals surface area contributed by atoms with Crippen LogP contribution in [-0.4, -0.2) is 41.9 Å². The lowest BCUT2D eigenvalue weighted by molar-refractivity contribution is -0.133.